The number of hydrogen-bond donors (Lipinski definition) is 0. The summed E-state index contributed by atoms with van der Waals surface area (Å²) in [5.41, 5.74) is 13.9. The smallest absolute Gasteiger partial charge is 0.197 e. The Hall–Kier alpha value is -9.26. The number of nitrogens with zero attached hydrogens (tertiary/aromatic N) is 8. The lowest BCUT2D eigenvalue weighted by Gasteiger charge is -2.20. The summed E-state index contributed by atoms with van der Waals surface area (Å²) in [6.45, 7) is 35.7. The maximum absolute atomic E-state index is 9.88. The van der Waals surface area contributed by atoms with Crippen molar-refractivity contribution in [1.29, 1.82) is 5.26 Å². The van der Waals surface area contributed by atoms with Gasteiger partial charge in [-0.25, -0.2) is 19.4 Å². The van der Waals surface area contributed by atoms with E-state index >= 15 is 0 Å². The van der Waals surface area contributed by atoms with Gasteiger partial charge in [0.15, 0.2) is 22.7 Å². The zero-order valence-electron chi connectivity index (χ0n) is 33.4. The van der Waals surface area contributed by atoms with Gasteiger partial charge in [-0.05, 0) is 114 Å². The van der Waals surface area contributed by atoms with Gasteiger partial charge in [0, 0.05) is 38.5 Å². The van der Waals surface area contributed by atoms with Crippen LogP contribution in [0.1, 0.15) is 17.0 Å². The second-order valence-corrected chi connectivity index (χ2v) is 15.2. The Bertz CT molecular complexity index is 3710. The first kappa shape index (κ1) is 37.0. The van der Waals surface area contributed by atoms with Gasteiger partial charge in [0.1, 0.15) is 0 Å². The van der Waals surface area contributed by atoms with Gasteiger partial charge in [0.25, 0.3) is 0 Å². The minimum Gasteiger partial charge on any atom is -0.308 e. The molecule has 0 N–H and O–H groups in total. The zero-order chi connectivity index (χ0) is 42.6. The van der Waals surface area contributed by atoms with Crippen molar-refractivity contribution >= 4 is 66.4 Å². The van der Waals surface area contributed by atoms with E-state index in [-0.39, 0.29) is 0 Å². The first-order valence-electron chi connectivity index (χ1n) is 19.7. The van der Waals surface area contributed by atoms with Crippen LogP contribution in [-0.2, 0) is 0 Å². The number of hydrogen-bond acceptors (Lipinski definition) is 2. The number of benzene rings is 7. The van der Waals surface area contributed by atoms with Crippen LogP contribution in [-0.4, -0.2) is 14.1 Å². The number of aryl methyl sites for hydroxylation is 2. The molecule has 7 aromatic carbocycles. The third-order valence-electron chi connectivity index (χ3n) is 11.4. The first-order valence-corrected chi connectivity index (χ1v) is 19.7. The minimum absolute atomic E-state index is 0.390. The average molecular weight is 791 g/mol. The van der Waals surface area contributed by atoms with Crippen molar-refractivity contribution in [3.05, 3.63) is 208 Å². The molecule has 8 heteroatoms. The molecule has 0 aliphatic rings. The quantitative estimate of drug-likeness (QED) is 0.163. The summed E-state index contributed by atoms with van der Waals surface area (Å²) in [5, 5.41) is 14.0. The fourth-order valence-corrected chi connectivity index (χ4v) is 8.85. The van der Waals surface area contributed by atoms with Crippen LogP contribution in [0.3, 0.4) is 0 Å². The molecule has 10 rings (SSSR count). The van der Waals surface area contributed by atoms with Crippen molar-refractivity contribution in [3.8, 4) is 50.8 Å². The van der Waals surface area contributed by atoms with Crippen molar-refractivity contribution in [3.63, 3.8) is 0 Å². The van der Waals surface area contributed by atoms with Crippen molar-refractivity contribution in [2.24, 2.45) is 0 Å². The molecule has 0 aliphatic carbocycles. The maximum Gasteiger partial charge on any atom is 0.197 e. The summed E-state index contributed by atoms with van der Waals surface area (Å²) in [6, 6.07) is 49.9. The van der Waals surface area contributed by atoms with Crippen molar-refractivity contribution in [2.45, 2.75) is 13.8 Å². The van der Waals surface area contributed by atoms with E-state index in [1.807, 2.05) is 92.7 Å². The summed E-state index contributed by atoms with van der Waals surface area (Å²) in [7, 11) is 0. The largest absolute Gasteiger partial charge is 0.308 e. The lowest BCUT2D eigenvalue weighted by atomic mass is 10.00. The standard InChI is InChI=1S/C54H30N8/c1-32-19-39(20-33(2)60-32)47-29-53(61-49-13-9-7-11-43(49)45-17-15-35(26-51(45)61)37-21-34(31-55)22-40(23-37)56-3)54(30-48(47)59-6)62-50-14-10-8-12-44(50)46-18-16-36(27-52(46)62)38-24-41(57-4)28-42(25-38)58-5/h7-30H,1-2H3. The lowest BCUT2D eigenvalue weighted by Crippen LogP contribution is -2.04. The Morgan fingerprint density at radius 1 is 0.452 bits per heavy atom. The van der Waals surface area contributed by atoms with Crippen LogP contribution in [0, 0.1) is 51.5 Å². The molecule has 3 heterocycles. The Morgan fingerprint density at radius 3 is 1.45 bits per heavy atom. The summed E-state index contributed by atoms with van der Waals surface area (Å²) in [4.78, 5) is 19.8. The molecule has 3 aromatic heterocycles. The molecular weight excluding hydrogens is 761 g/mol. The van der Waals surface area contributed by atoms with E-state index in [1.165, 1.54) is 0 Å². The van der Waals surface area contributed by atoms with Crippen molar-refractivity contribution < 1.29 is 0 Å². The van der Waals surface area contributed by atoms with Crippen LogP contribution in [0.25, 0.3) is 108 Å². The highest BCUT2D eigenvalue weighted by Crippen LogP contribution is 2.45. The van der Waals surface area contributed by atoms with Crippen LogP contribution < -0.4 is 0 Å². The third kappa shape index (κ3) is 5.99. The van der Waals surface area contributed by atoms with Gasteiger partial charge in [-0.15, -0.1) is 0 Å². The fraction of sp³-hybridized carbons (Fsp3) is 0.0370. The summed E-state index contributed by atoms with van der Waals surface area (Å²) < 4.78 is 4.49. The highest BCUT2D eigenvalue weighted by molar-refractivity contribution is 6.13. The number of pyridine rings is 1. The topological polar surface area (TPSA) is 64.0 Å². The Kier molecular flexibility index (Phi) is 8.68. The van der Waals surface area contributed by atoms with Crippen LogP contribution in [0.5, 0.6) is 0 Å². The van der Waals surface area contributed by atoms with E-state index in [4.69, 9.17) is 26.3 Å². The molecule has 0 saturated heterocycles. The normalized spacial score (nSPS) is 11.0. The molecular formula is C54H30N8. The molecule has 0 bridgehead atoms. The van der Waals surface area contributed by atoms with Gasteiger partial charge in [-0.3, -0.25) is 4.98 Å². The third-order valence-corrected chi connectivity index (χ3v) is 11.4. The van der Waals surface area contributed by atoms with E-state index in [0.717, 1.165) is 99.8 Å². The van der Waals surface area contributed by atoms with Crippen molar-refractivity contribution in [2.75, 3.05) is 0 Å². The number of fused-ring (bicyclic) bond motifs is 6. The number of rotatable bonds is 5. The second kappa shape index (κ2) is 14.5. The fourth-order valence-electron chi connectivity index (χ4n) is 8.85. The predicted molar refractivity (Wildman–Crippen MR) is 248 cm³/mol. The van der Waals surface area contributed by atoms with E-state index in [0.29, 0.717) is 28.3 Å². The number of aromatic nitrogens is 3. The molecule has 62 heavy (non-hydrogen) atoms. The SMILES string of the molecule is [C-]#[N+]c1cc(C#N)cc(-c2ccc3c4ccccc4n(-c4cc(-c5cc(C)nc(C)c5)c([N+]#[C-])cc4-n4c5ccccc5c5ccc(-c6cc([N+]#[C-])cc([N+]#[C-])c6)cc54)c3c2)c1. The molecule has 0 atom stereocenters. The average Bonchev–Trinajstić information content (AvgIpc) is 3.82. The maximum atomic E-state index is 9.88. The molecule has 8 nitrogen and oxygen atoms in total. The summed E-state index contributed by atoms with van der Waals surface area (Å²) >= 11 is 0. The Morgan fingerprint density at radius 2 is 0.935 bits per heavy atom. The molecule has 0 spiro atoms. The van der Waals surface area contributed by atoms with Gasteiger partial charge >= 0.3 is 0 Å². The minimum atomic E-state index is 0.390. The molecule has 286 valence electrons. The van der Waals surface area contributed by atoms with E-state index < -0.39 is 0 Å². The first-order chi connectivity index (χ1) is 30.3. The van der Waals surface area contributed by atoms with Crippen molar-refractivity contribution in [1.82, 2.24) is 14.1 Å². The molecule has 0 aliphatic heterocycles. The Balaban J connectivity index is 1.35. The summed E-state index contributed by atoms with van der Waals surface area (Å²) in [5.74, 6) is 0. The molecule has 0 radical (unpaired) electrons. The number of nitriles is 1. The monoisotopic (exact) mass is 790 g/mol. The van der Waals surface area contributed by atoms with E-state index in [2.05, 4.69) is 94.2 Å². The van der Waals surface area contributed by atoms with Crippen LogP contribution in [0.4, 0.5) is 22.7 Å². The lowest BCUT2D eigenvalue weighted by molar-refractivity contribution is 1.10. The van der Waals surface area contributed by atoms with Gasteiger partial charge in [-0.1, -0.05) is 78.9 Å². The molecule has 0 fully saturated rings. The molecule has 0 amide bonds. The Labute approximate surface area is 357 Å². The zero-order valence-corrected chi connectivity index (χ0v) is 33.4. The highest BCUT2D eigenvalue weighted by atomic mass is 15.1. The van der Waals surface area contributed by atoms with Crippen LogP contribution in [0.2, 0.25) is 0 Å². The predicted octanol–water partition coefficient (Wildman–Crippen LogP) is 15.0. The van der Waals surface area contributed by atoms with E-state index in [1.54, 1.807) is 12.1 Å². The molecule has 0 saturated carbocycles. The van der Waals surface area contributed by atoms with Gasteiger partial charge < -0.3 is 9.13 Å². The van der Waals surface area contributed by atoms with Crippen LogP contribution >= 0.6 is 0 Å². The van der Waals surface area contributed by atoms with Crippen LogP contribution in [0.15, 0.2) is 146 Å². The van der Waals surface area contributed by atoms with E-state index in [9.17, 15) is 5.26 Å². The molecule has 0 unspecified atom stereocenters. The number of para-hydroxylation sites is 2. The summed E-state index contributed by atoms with van der Waals surface area (Å²) in [6.07, 6.45) is 0. The second-order valence-electron chi connectivity index (χ2n) is 15.2. The van der Waals surface area contributed by atoms with Gasteiger partial charge in [0.2, 0.25) is 0 Å². The van der Waals surface area contributed by atoms with Gasteiger partial charge in [0.05, 0.1) is 65.8 Å². The van der Waals surface area contributed by atoms with Gasteiger partial charge in [-0.2, -0.15) is 5.26 Å². The molecule has 10 aromatic rings. The highest BCUT2D eigenvalue weighted by Gasteiger charge is 2.23.